The second-order valence-corrected chi connectivity index (χ2v) is 6.53. The van der Waals surface area contributed by atoms with Crippen LogP contribution in [0.5, 0.6) is 0 Å². The van der Waals surface area contributed by atoms with Crippen LogP contribution in [0.4, 0.5) is 13.2 Å². The Morgan fingerprint density at radius 2 is 2.19 bits per heavy atom. The van der Waals surface area contributed by atoms with E-state index in [1.807, 2.05) is 0 Å². The number of aromatic nitrogens is 3. The number of amides is 1. The van der Waals surface area contributed by atoms with Crippen LogP contribution in [0.3, 0.4) is 0 Å². The molecule has 2 aromatic rings. The fourth-order valence-electron chi connectivity index (χ4n) is 2.99. The molecule has 1 N–H and O–H groups in total. The molecule has 0 bridgehead atoms. The Morgan fingerprint density at radius 1 is 1.33 bits per heavy atom. The molecule has 2 heterocycles. The van der Waals surface area contributed by atoms with Crippen molar-refractivity contribution in [2.45, 2.75) is 44.5 Å². The highest BCUT2D eigenvalue weighted by Gasteiger charge is 2.30. The monoisotopic (exact) mass is 382 g/mol. The van der Waals surface area contributed by atoms with Gasteiger partial charge in [-0.3, -0.25) is 4.79 Å². The minimum atomic E-state index is -4.40. The highest BCUT2D eigenvalue weighted by atomic mass is 19.4. The molecule has 1 aliphatic rings. The van der Waals surface area contributed by atoms with Gasteiger partial charge in [0, 0.05) is 13.2 Å². The minimum absolute atomic E-state index is 0.0973. The summed E-state index contributed by atoms with van der Waals surface area (Å²) in [5, 5.41) is 10.4. The molecule has 1 aliphatic heterocycles. The number of carbonyl (C=O) groups is 1. The lowest BCUT2D eigenvalue weighted by atomic mass is 10.1. The van der Waals surface area contributed by atoms with E-state index in [-0.39, 0.29) is 24.2 Å². The summed E-state index contributed by atoms with van der Waals surface area (Å²) in [7, 11) is 0. The van der Waals surface area contributed by atoms with Gasteiger partial charge < -0.3 is 10.1 Å². The molecule has 1 fully saturated rings. The van der Waals surface area contributed by atoms with Crippen LogP contribution in [0, 0.1) is 0 Å². The molecule has 1 saturated heterocycles. The molecule has 27 heavy (non-hydrogen) atoms. The fourth-order valence-corrected chi connectivity index (χ4v) is 2.99. The van der Waals surface area contributed by atoms with E-state index >= 15 is 0 Å². The zero-order chi connectivity index (χ0) is 19.3. The number of rotatable bonds is 6. The second-order valence-electron chi connectivity index (χ2n) is 6.53. The van der Waals surface area contributed by atoms with Crippen molar-refractivity contribution >= 4 is 5.91 Å². The Bertz CT molecular complexity index is 770. The van der Waals surface area contributed by atoms with Crippen LogP contribution >= 0.6 is 0 Å². The van der Waals surface area contributed by atoms with Crippen LogP contribution in [0.2, 0.25) is 0 Å². The van der Waals surface area contributed by atoms with Crippen molar-refractivity contribution in [1.82, 2.24) is 20.3 Å². The topological polar surface area (TPSA) is 69.0 Å². The van der Waals surface area contributed by atoms with Crippen molar-refractivity contribution in [3.63, 3.8) is 0 Å². The number of nitrogens with one attached hydrogen (secondary N) is 1. The normalized spacial score (nSPS) is 17.7. The quantitative estimate of drug-likeness (QED) is 0.834. The number of alkyl halides is 3. The molecule has 6 nitrogen and oxygen atoms in total. The van der Waals surface area contributed by atoms with Crippen molar-refractivity contribution in [3.05, 3.63) is 47.3 Å². The third-order valence-corrected chi connectivity index (χ3v) is 4.40. The molecule has 3 rings (SSSR count). The lowest BCUT2D eigenvalue weighted by Gasteiger charge is -2.22. The highest BCUT2D eigenvalue weighted by Crippen LogP contribution is 2.29. The lowest BCUT2D eigenvalue weighted by molar-refractivity contribution is -0.137. The van der Waals surface area contributed by atoms with Crippen LogP contribution in [-0.4, -0.2) is 40.2 Å². The second kappa shape index (κ2) is 8.51. The van der Waals surface area contributed by atoms with Gasteiger partial charge in [0.2, 0.25) is 0 Å². The Kier molecular flexibility index (Phi) is 6.10. The van der Waals surface area contributed by atoms with Gasteiger partial charge in [-0.05, 0) is 43.4 Å². The molecular formula is C18H21F3N4O2. The van der Waals surface area contributed by atoms with Crippen molar-refractivity contribution in [3.8, 4) is 0 Å². The first-order valence-electron chi connectivity index (χ1n) is 8.88. The van der Waals surface area contributed by atoms with Gasteiger partial charge in [0.15, 0.2) is 5.69 Å². The fraction of sp³-hybridized carbons (Fsp3) is 0.500. The number of hydrogen-bond acceptors (Lipinski definition) is 4. The average molecular weight is 382 g/mol. The molecule has 1 atom stereocenters. The third-order valence-electron chi connectivity index (χ3n) is 4.40. The number of halogens is 3. The molecule has 1 unspecified atom stereocenters. The lowest BCUT2D eigenvalue weighted by Crippen LogP contribution is -2.29. The first-order valence-corrected chi connectivity index (χ1v) is 8.88. The van der Waals surface area contributed by atoms with Gasteiger partial charge in [-0.2, -0.15) is 13.2 Å². The zero-order valence-corrected chi connectivity index (χ0v) is 14.7. The van der Waals surface area contributed by atoms with E-state index in [2.05, 4.69) is 15.6 Å². The minimum Gasteiger partial charge on any atom is -0.378 e. The van der Waals surface area contributed by atoms with Gasteiger partial charge in [0.25, 0.3) is 5.91 Å². The maximum absolute atomic E-state index is 12.8. The van der Waals surface area contributed by atoms with Crippen LogP contribution in [0.25, 0.3) is 0 Å². The summed E-state index contributed by atoms with van der Waals surface area (Å²) >= 11 is 0. The van der Waals surface area contributed by atoms with Gasteiger partial charge in [-0.1, -0.05) is 17.3 Å². The Labute approximate surface area is 154 Å². The number of hydrogen-bond donors (Lipinski definition) is 1. The summed E-state index contributed by atoms with van der Waals surface area (Å²) in [6.45, 7) is 1.34. The maximum atomic E-state index is 12.8. The van der Waals surface area contributed by atoms with Gasteiger partial charge in [0.05, 0.1) is 24.4 Å². The molecule has 146 valence electrons. The third kappa shape index (κ3) is 5.53. The van der Waals surface area contributed by atoms with Crippen molar-refractivity contribution < 1.29 is 22.7 Å². The van der Waals surface area contributed by atoms with E-state index in [1.165, 1.54) is 16.9 Å². The van der Waals surface area contributed by atoms with Crippen LogP contribution in [-0.2, 0) is 17.5 Å². The largest absolute Gasteiger partial charge is 0.416 e. The number of nitrogens with zero attached hydrogens (tertiary/aromatic N) is 3. The summed E-state index contributed by atoms with van der Waals surface area (Å²) in [6.07, 6.45) is 1.17. The number of carbonyl (C=O) groups excluding carboxylic acids is 1. The summed E-state index contributed by atoms with van der Waals surface area (Å²) in [5.41, 5.74) is -0.161. The summed E-state index contributed by atoms with van der Waals surface area (Å²) < 4.78 is 45.3. The van der Waals surface area contributed by atoms with Crippen LogP contribution in [0.1, 0.15) is 47.3 Å². The zero-order valence-electron chi connectivity index (χ0n) is 14.7. The smallest absolute Gasteiger partial charge is 0.378 e. The van der Waals surface area contributed by atoms with Gasteiger partial charge in [-0.25, -0.2) is 4.68 Å². The highest BCUT2D eigenvalue weighted by molar-refractivity contribution is 5.91. The molecule has 1 aromatic heterocycles. The molecule has 9 heteroatoms. The summed E-state index contributed by atoms with van der Waals surface area (Å²) in [4.78, 5) is 12.1. The first-order chi connectivity index (χ1) is 12.9. The Morgan fingerprint density at radius 3 is 2.93 bits per heavy atom. The van der Waals surface area contributed by atoms with Gasteiger partial charge in [0.1, 0.15) is 0 Å². The molecule has 0 aliphatic carbocycles. The first kappa shape index (κ1) is 19.3. The van der Waals surface area contributed by atoms with Crippen LogP contribution in [0.15, 0.2) is 30.5 Å². The van der Waals surface area contributed by atoms with Crippen LogP contribution < -0.4 is 5.32 Å². The molecule has 0 spiro atoms. The standard InChI is InChI=1S/C18H21F3N4O2/c19-18(20,21)14-5-3-4-13(10-14)11-25-12-16(23-24-25)17(26)22-8-7-15-6-1-2-9-27-15/h3-5,10,12,15H,1-2,6-9,11H2,(H,22,26). The van der Waals surface area contributed by atoms with Gasteiger partial charge in [-0.15, -0.1) is 5.10 Å². The summed E-state index contributed by atoms with van der Waals surface area (Å²) in [5.74, 6) is -0.360. The Hall–Kier alpha value is -2.42. The predicted molar refractivity (Wildman–Crippen MR) is 91.1 cm³/mol. The van der Waals surface area contributed by atoms with E-state index in [0.717, 1.165) is 44.4 Å². The summed E-state index contributed by atoms with van der Waals surface area (Å²) in [6, 6.07) is 4.99. The Balaban J connectivity index is 1.52. The van der Waals surface area contributed by atoms with E-state index in [9.17, 15) is 18.0 Å². The van der Waals surface area contributed by atoms with Gasteiger partial charge >= 0.3 is 6.18 Å². The molecular weight excluding hydrogens is 361 g/mol. The predicted octanol–water partition coefficient (Wildman–Crippen LogP) is 3.03. The number of benzene rings is 1. The molecule has 0 radical (unpaired) electrons. The molecule has 0 saturated carbocycles. The van der Waals surface area contributed by atoms with Crippen molar-refractivity contribution in [2.24, 2.45) is 0 Å². The van der Waals surface area contributed by atoms with Crippen molar-refractivity contribution in [1.29, 1.82) is 0 Å². The average Bonchev–Trinajstić information content (AvgIpc) is 3.11. The van der Waals surface area contributed by atoms with E-state index < -0.39 is 11.7 Å². The van der Waals surface area contributed by atoms with E-state index in [1.54, 1.807) is 6.07 Å². The molecule has 1 aromatic carbocycles. The maximum Gasteiger partial charge on any atom is 0.416 e. The van der Waals surface area contributed by atoms with E-state index in [4.69, 9.17) is 4.74 Å². The number of ether oxygens (including phenoxy) is 1. The molecule has 1 amide bonds. The SMILES string of the molecule is O=C(NCCC1CCCCO1)c1cn(Cc2cccc(C(F)(F)F)c2)nn1. The van der Waals surface area contributed by atoms with Crippen molar-refractivity contribution in [2.75, 3.05) is 13.2 Å². The van der Waals surface area contributed by atoms with E-state index in [0.29, 0.717) is 12.1 Å².